The highest BCUT2D eigenvalue weighted by molar-refractivity contribution is 14.1. The molecule has 0 aliphatic rings. The highest BCUT2D eigenvalue weighted by Crippen LogP contribution is 2.19. The molecule has 0 unspecified atom stereocenters. The minimum atomic E-state index is -3.22. The Balaban J connectivity index is 2.82. The van der Waals surface area contributed by atoms with Gasteiger partial charge in [-0.1, -0.05) is 0 Å². The molecule has 1 aromatic rings. The zero-order valence-electron chi connectivity index (χ0n) is 10.0. The number of carbonyl (C=O) groups excluding carboxylic acids is 1. The maximum Gasteiger partial charge on any atom is 0.337 e. The number of sulfone groups is 1. The van der Waals surface area contributed by atoms with Crippen LogP contribution >= 0.6 is 22.6 Å². The Labute approximate surface area is 124 Å². The predicted molar refractivity (Wildman–Crippen MR) is 79.1 cm³/mol. The van der Waals surface area contributed by atoms with Crippen molar-refractivity contribution in [1.82, 2.24) is 0 Å². The summed E-state index contributed by atoms with van der Waals surface area (Å²) in [5, 5.41) is 11.4. The number of carboxylic acids is 1. The van der Waals surface area contributed by atoms with Crippen molar-refractivity contribution >= 4 is 50.0 Å². The lowest BCUT2D eigenvalue weighted by Crippen LogP contribution is -2.18. The average Bonchev–Trinajstić information content (AvgIpc) is 2.28. The lowest BCUT2D eigenvalue weighted by molar-refractivity contribution is -0.115. The quantitative estimate of drug-likeness (QED) is 0.731. The molecular formula is C11H12INO5S. The molecule has 0 bridgehead atoms. The van der Waals surface area contributed by atoms with Gasteiger partial charge >= 0.3 is 5.97 Å². The van der Waals surface area contributed by atoms with E-state index in [2.05, 4.69) is 5.32 Å². The number of amides is 1. The Kier molecular flexibility index (Phi) is 5.29. The summed E-state index contributed by atoms with van der Waals surface area (Å²) in [7, 11) is -3.22. The normalized spacial score (nSPS) is 11.1. The van der Waals surface area contributed by atoms with E-state index in [9.17, 15) is 18.0 Å². The molecule has 0 aromatic heterocycles. The fraction of sp³-hybridized carbons (Fsp3) is 0.273. The summed E-state index contributed by atoms with van der Waals surface area (Å²) in [5.74, 6) is -1.96. The summed E-state index contributed by atoms with van der Waals surface area (Å²) < 4.78 is 22.6. The molecule has 19 heavy (non-hydrogen) atoms. The first-order chi connectivity index (χ1) is 8.69. The van der Waals surface area contributed by atoms with Gasteiger partial charge < -0.3 is 10.4 Å². The van der Waals surface area contributed by atoms with Crippen LogP contribution in [-0.4, -0.2) is 37.4 Å². The van der Waals surface area contributed by atoms with Crippen molar-refractivity contribution in [3.8, 4) is 0 Å². The second kappa shape index (κ2) is 6.33. The second-order valence-corrected chi connectivity index (χ2v) is 7.43. The van der Waals surface area contributed by atoms with Crippen LogP contribution in [-0.2, 0) is 14.6 Å². The van der Waals surface area contributed by atoms with Gasteiger partial charge in [0, 0.05) is 16.2 Å². The molecule has 0 aliphatic carbocycles. The molecule has 0 saturated heterocycles. The number of nitrogens with one attached hydrogen (secondary N) is 1. The molecule has 2 N–H and O–H groups in total. The molecule has 8 heteroatoms. The van der Waals surface area contributed by atoms with Crippen LogP contribution in [0.2, 0.25) is 0 Å². The van der Waals surface area contributed by atoms with Crippen LogP contribution in [0.15, 0.2) is 18.2 Å². The number of hydrogen-bond acceptors (Lipinski definition) is 4. The van der Waals surface area contributed by atoms with Gasteiger partial charge in [0.25, 0.3) is 0 Å². The Morgan fingerprint density at radius 3 is 2.53 bits per heavy atom. The summed E-state index contributed by atoms with van der Waals surface area (Å²) in [6, 6.07) is 4.55. The van der Waals surface area contributed by atoms with E-state index < -0.39 is 21.7 Å². The Morgan fingerprint density at radius 2 is 2.00 bits per heavy atom. The first-order valence-corrected chi connectivity index (χ1v) is 8.33. The molecule has 1 aromatic carbocycles. The molecule has 0 radical (unpaired) electrons. The standard InChI is InChI=1S/C11H12INO5S/c1-19(17,18)5-4-10(14)13-9-3-2-7(12)6-8(9)11(15)16/h2-3,6H,4-5H2,1H3,(H,13,14)(H,15,16). The number of halogens is 1. The number of benzene rings is 1. The van der Waals surface area contributed by atoms with E-state index in [4.69, 9.17) is 5.11 Å². The minimum absolute atomic E-state index is 0.0281. The van der Waals surface area contributed by atoms with Crippen molar-refractivity contribution in [2.75, 3.05) is 17.3 Å². The molecule has 0 fully saturated rings. The van der Waals surface area contributed by atoms with E-state index in [1.54, 1.807) is 6.07 Å². The molecule has 1 rings (SSSR count). The topological polar surface area (TPSA) is 101 Å². The van der Waals surface area contributed by atoms with Gasteiger partial charge in [-0.25, -0.2) is 13.2 Å². The fourth-order valence-corrected chi connectivity index (χ4v) is 2.34. The molecule has 1 amide bonds. The molecule has 0 saturated carbocycles. The number of hydrogen-bond donors (Lipinski definition) is 2. The van der Waals surface area contributed by atoms with E-state index in [0.29, 0.717) is 0 Å². The number of anilines is 1. The lowest BCUT2D eigenvalue weighted by Gasteiger charge is -2.08. The van der Waals surface area contributed by atoms with Crippen LogP contribution in [0.5, 0.6) is 0 Å². The SMILES string of the molecule is CS(=O)(=O)CCC(=O)Nc1ccc(I)cc1C(=O)O. The second-order valence-electron chi connectivity index (χ2n) is 3.92. The summed E-state index contributed by atoms with van der Waals surface area (Å²) in [6.45, 7) is 0. The lowest BCUT2D eigenvalue weighted by atomic mass is 10.2. The van der Waals surface area contributed by atoms with Crippen molar-refractivity contribution in [2.45, 2.75) is 6.42 Å². The van der Waals surface area contributed by atoms with Crippen molar-refractivity contribution in [3.63, 3.8) is 0 Å². The predicted octanol–water partition coefficient (Wildman–Crippen LogP) is 1.36. The van der Waals surface area contributed by atoms with Gasteiger partial charge in [-0.05, 0) is 40.8 Å². The van der Waals surface area contributed by atoms with Crippen molar-refractivity contribution in [2.24, 2.45) is 0 Å². The number of carboxylic acid groups (broad SMARTS) is 1. The van der Waals surface area contributed by atoms with Crippen molar-refractivity contribution < 1.29 is 23.1 Å². The van der Waals surface area contributed by atoms with Crippen LogP contribution in [0, 0.1) is 3.57 Å². The number of rotatable bonds is 5. The van der Waals surface area contributed by atoms with Gasteiger partial charge in [-0.2, -0.15) is 0 Å². The van der Waals surface area contributed by atoms with Gasteiger partial charge in [0.05, 0.1) is 17.0 Å². The third kappa shape index (κ3) is 5.55. The molecular weight excluding hydrogens is 385 g/mol. The van der Waals surface area contributed by atoms with Crippen LogP contribution in [0.4, 0.5) is 5.69 Å². The fourth-order valence-electron chi connectivity index (χ4n) is 1.29. The van der Waals surface area contributed by atoms with E-state index in [1.807, 2.05) is 22.6 Å². The highest BCUT2D eigenvalue weighted by atomic mass is 127. The average molecular weight is 397 g/mol. The third-order valence-electron chi connectivity index (χ3n) is 2.19. The molecule has 104 valence electrons. The molecule has 0 atom stereocenters. The van der Waals surface area contributed by atoms with Crippen LogP contribution in [0.25, 0.3) is 0 Å². The Morgan fingerprint density at radius 1 is 1.37 bits per heavy atom. The van der Waals surface area contributed by atoms with Gasteiger partial charge in [0.1, 0.15) is 9.84 Å². The van der Waals surface area contributed by atoms with Gasteiger partial charge in [0.15, 0.2) is 0 Å². The Bertz CT molecular complexity index is 612. The zero-order chi connectivity index (χ0) is 14.6. The first-order valence-electron chi connectivity index (χ1n) is 5.19. The zero-order valence-corrected chi connectivity index (χ0v) is 13.0. The molecule has 0 spiro atoms. The monoisotopic (exact) mass is 397 g/mol. The Hall–Kier alpha value is -1.16. The maximum absolute atomic E-state index is 11.5. The van der Waals surface area contributed by atoms with E-state index in [-0.39, 0.29) is 23.4 Å². The summed E-state index contributed by atoms with van der Waals surface area (Å²) >= 11 is 1.96. The van der Waals surface area contributed by atoms with E-state index in [1.165, 1.54) is 12.1 Å². The summed E-state index contributed by atoms with van der Waals surface area (Å²) in [4.78, 5) is 22.6. The summed E-state index contributed by atoms with van der Waals surface area (Å²) in [5.41, 5.74) is 0.131. The van der Waals surface area contributed by atoms with Gasteiger partial charge in [-0.15, -0.1) is 0 Å². The smallest absolute Gasteiger partial charge is 0.337 e. The molecule has 0 aliphatic heterocycles. The van der Waals surface area contributed by atoms with E-state index >= 15 is 0 Å². The molecule has 6 nitrogen and oxygen atoms in total. The van der Waals surface area contributed by atoms with Crippen molar-refractivity contribution in [1.29, 1.82) is 0 Å². The molecule has 0 heterocycles. The van der Waals surface area contributed by atoms with Crippen LogP contribution < -0.4 is 5.32 Å². The third-order valence-corrected chi connectivity index (χ3v) is 3.80. The number of aromatic carboxylic acids is 1. The minimum Gasteiger partial charge on any atom is -0.478 e. The van der Waals surface area contributed by atoms with Crippen LogP contribution in [0.1, 0.15) is 16.8 Å². The first kappa shape index (κ1) is 15.9. The highest BCUT2D eigenvalue weighted by Gasteiger charge is 2.14. The largest absolute Gasteiger partial charge is 0.478 e. The van der Waals surface area contributed by atoms with Gasteiger partial charge in [0.2, 0.25) is 5.91 Å². The van der Waals surface area contributed by atoms with Crippen molar-refractivity contribution in [3.05, 3.63) is 27.3 Å². The van der Waals surface area contributed by atoms with Crippen LogP contribution in [0.3, 0.4) is 0 Å². The van der Waals surface area contributed by atoms with Gasteiger partial charge in [-0.3, -0.25) is 4.79 Å². The van der Waals surface area contributed by atoms with E-state index in [0.717, 1.165) is 9.83 Å². The summed E-state index contributed by atoms with van der Waals surface area (Å²) in [6.07, 6.45) is 0.831. The maximum atomic E-state index is 11.5. The number of carbonyl (C=O) groups is 2.